The average molecular weight is 1160 g/mol. The second-order valence-electron chi connectivity index (χ2n) is 22.0. The average Bonchev–Trinajstić information content (AvgIpc) is 4.20. The van der Waals surface area contributed by atoms with E-state index in [0.717, 1.165) is 83.0 Å². The van der Waals surface area contributed by atoms with Gasteiger partial charge in [0, 0.05) is 32.6 Å². The number of rotatable bonds is 42. The van der Waals surface area contributed by atoms with Gasteiger partial charge in [0.2, 0.25) is 5.79 Å². The Morgan fingerprint density at radius 2 is 0.900 bits per heavy atom. The first kappa shape index (κ1) is 71.5. The predicted molar refractivity (Wildman–Crippen MR) is 295 cm³/mol. The molecule has 4 heterocycles. The number of likely N-dealkylation sites (N-methyl/N-ethyl adjacent to an activating group) is 5. The molecule has 0 aromatic rings. The maximum atomic E-state index is 12.8. The van der Waals surface area contributed by atoms with E-state index in [4.69, 9.17) is 47.4 Å². The normalized spacial score (nSPS) is 35.1. The standard InChI is InChI=1S/C55H110N5O20/c1-11-56(12-2)21-25-60(19-9,20-10)26-30-74-34-42-49(66)53(69,44(78-42)31-39-45(62)48(65)46(63)40(77-39)32-71-27-22-57(13-3)14-4)37-75-52-54(70,50(67)43(79-52)35-73-29-24-59(17-7)18-8)38-76-55(36-61)51(68)47(64)41(80-55)33-72-28-23-58(15-5)16-6/h39-52,61-70H,11-38H2,1-10H3/q+1/t39-,40?,41+,42+,43+,44-,45?,46-,47-,48+,49-,50-,51?,52+,53?,54?,55+/m0/s1. The van der Waals surface area contributed by atoms with Crippen LogP contribution in [0.25, 0.3) is 0 Å². The second-order valence-corrected chi connectivity index (χ2v) is 22.0. The molecule has 10 N–H and O–H groups in total. The summed E-state index contributed by atoms with van der Waals surface area (Å²) in [6, 6.07) is 0. The summed E-state index contributed by atoms with van der Waals surface area (Å²) in [7, 11) is 0. The third kappa shape index (κ3) is 18.5. The van der Waals surface area contributed by atoms with Crippen molar-refractivity contribution in [3.63, 3.8) is 0 Å². The fourth-order valence-corrected chi connectivity index (χ4v) is 11.2. The maximum Gasteiger partial charge on any atom is 0.221 e. The molecule has 80 heavy (non-hydrogen) atoms. The van der Waals surface area contributed by atoms with Crippen molar-refractivity contribution in [1.29, 1.82) is 0 Å². The van der Waals surface area contributed by atoms with Gasteiger partial charge >= 0.3 is 0 Å². The highest BCUT2D eigenvalue weighted by atomic mass is 16.8. The zero-order chi connectivity index (χ0) is 59.3. The van der Waals surface area contributed by atoms with E-state index in [1.54, 1.807) is 0 Å². The van der Waals surface area contributed by atoms with Crippen molar-refractivity contribution in [2.24, 2.45) is 0 Å². The monoisotopic (exact) mass is 1160 g/mol. The Hall–Kier alpha value is -1.00. The molecule has 0 aromatic carbocycles. The van der Waals surface area contributed by atoms with Gasteiger partial charge in [0.1, 0.15) is 85.9 Å². The molecular formula is C55H110N5O20+. The molecule has 25 heteroatoms. The molecule has 0 aliphatic carbocycles. The summed E-state index contributed by atoms with van der Waals surface area (Å²) in [5.41, 5.74) is -4.95. The van der Waals surface area contributed by atoms with Crippen LogP contribution < -0.4 is 0 Å². The third-order valence-corrected chi connectivity index (χ3v) is 17.6. The highest BCUT2D eigenvalue weighted by molar-refractivity contribution is 5.08. The number of quaternary nitrogens is 1. The van der Waals surface area contributed by atoms with Gasteiger partial charge in [0.15, 0.2) is 11.9 Å². The Morgan fingerprint density at radius 3 is 1.40 bits per heavy atom. The Labute approximate surface area is 477 Å². The van der Waals surface area contributed by atoms with Gasteiger partial charge in [0.05, 0.1) is 97.9 Å². The maximum absolute atomic E-state index is 12.8. The first-order valence-corrected chi connectivity index (χ1v) is 30.0. The zero-order valence-corrected chi connectivity index (χ0v) is 50.2. The van der Waals surface area contributed by atoms with Crippen molar-refractivity contribution in [3.8, 4) is 0 Å². The van der Waals surface area contributed by atoms with Crippen LogP contribution in [0, 0.1) is 0 Å². The molecule has 0 radical (unpaired) electrons. The zero-order valence-electron chi connectivity index (χ0n) is 50.2. The largest absolute Gasteiger partial charge is 0.391 e. The summed E-state index contributed by atoms with van der Waals surface area (Å²) < 4.78 is 61.7. The van der Waals surface area contributed by atoms with Crippen molar-refractivity contribution >= 4 is 0 Å². The lowest BCUT2D eigenvalue weighted by atomic mass is 9.85. The molecule has 4 fully saturated rings. The number of ether oxygens (including phenoxy) is 10. The van der Waals surface area contributed by atoms with Gasteiger partial charge in [-0.1, -0.05) is 55.4 Å². The number of hydrogen-bond acceptors (Lipinski definition) is 24. The van der Waals surface area contributed by atoms with Crippen LogP contribution in [0.4, 0.5) is 0 Å². The summed E-state index contributed by atoms with van der Waals surface area (Å²) in [4.78, 5) is 8.80. The van der Waals surface area contributed by atoms with Gasteiger partial charge in [-0.15, -0.1) is 0 Å². The molecule has 17 atom stereocenters. The van der Waals surface area contributed by atoms with E-state index in [2.05, 4.69) is 47.3 Å². The number of hydrogen-bond donors (Lipinski definition) is 10. The van der Waals surface area contributed by atoms with Crippen LogP contribution in [0.3, 0.4) is 0 Å². The van der Waals surface area contributed by atoms with Crippen molar-refractivity contribution < 1.29 is 103 Å². The highest BCUT2D eigenvalue weighted by Gasteiger charge is 2.63. The van der Waals surface area contributed by atoms with Gasteiger partial charge < -0.3 is 118 Å². The molecule has 5 unspecified atom stereocenters. The lowest BCUT2D eigenvalue weighted by Crippen LogP contribution is -2.61. The summed E-state index contributed by atoms with van der Waals surface area (Å²) in [5.74, 6) is -2.32. The summed E-state index contributed by atoms with van der Waals surface area (Å²) in [6.07, 6.45) is -21.5. The third-order valence-electron chi connectivity index (χ3n) is 17.6. The first-order chi connectivity index (χ1) is 38.2. The van der Waals surface area contributed by atoms with Gasteiger partial charge in [-0.2, -0.15) is 0 Å². The van der Waals surface area contributed by atoms with Crippen LogP contribution in [0.1, 0.15) is 75.7 Å². The predicted octanol–water partition coefficient (Wildman–Crippen LogP) is -2.96. The van der Waals surface area contributed by atoms with E-state index in [0.29, 0.717) is 46.0 Å². The first-order valence-electron chi connectivity index (χ1n) is 30.0. The molecule has 4 aliphatic rings. The Bertz CT molecular complexity index is 1660. The summed E-state index contributed by atoms with van der Waals surface area (Å²) >= 11 is 0. The molecule has 4 aliphatic heterocycles. The van der Waals surface area contributed by atoms with Crippen molar-refractivity contribution in [2.75, 3.05) is 177 Å². The van der Waals surface area contributed by atoms with E-state index in [1.807, 2.05) is 41.5 Å². The molecule has 4 rings (SSSR count). The lowest BCUT2D eigenvalue weighted by Gasteiger charge is -2.42. The van der Waals surface area contributed by atoms with E-state index in [9.17, 15) is 51.1 Å². The van der Waals surface area contributed by atoms with Gasteiger partial charge in [-0.3, -0.25) is 4.90 Å². The van der Waals surface area contributed by atoms with Crippen LogP contribution in [0.5, 0.6) is 0 Å². The van der Waals surface area contributed by atoms with Crippen molar-refractivity contribution in [2.45, 2.75) is 178 Å². The molecule has 0 saturated carbocycles. The Balaban J connectivity index is 1.61. The van der Waals surface area contributed by atoms with Gasteiger partial charge in [0.25, 0.3) is 0 Å². The second kappa shape index (κ2) is 35.0. The Kier molecular flexibility index (Phi) is 31.2. The molecule has 474 valence electrons. The lowest BCUT2D eigenvalue weighted by molar-refractivity contribution is -0.924. The molecule has 0 aromatic heterocycles. The van der Waals surface area contributed by atoms with Crippen LogP contribution in [-0.4, -0.2) is 355 Å². The molecular weight excluding hydrogens is 1050 g/mol. The van der Waals surface area contributed by atoms with Crippen LogP contribution in [0.15, 0.2) is 0 Å². The van der Waals surface area contributed by atoms with E-state index in [1.165, 1.54) is 0 Å². The van der Waals surface area contributed by atoms with E-state index >= 15 is 0 Å². The summed E-state index contributed by atoms with van der Waals surface area (Å²) in [5, 5.41) is 116. The van der Waals surface area contributed by atoms with E-state index in [-0.39, 0.29) is 39.5 Å². The van der Waals surface area contributed by atoms with Crippen molar-refractivity contribution in [1.82, 2.24) is 19.6 Å². The van der Waals surface area contributed by atoms with Gasteiger partial charge in [-0.05, 0) is 66.2 Å². The SMILES string of the molecule is CCN(CC)CCOCC1O[C@@H](C[C@@H]2O[C@H](COCC[N+](CC)(CC)CCN(CC)CC)[C@H](O)C2(O)CO[C@@H]2O[C@H](COCCN(CC)CC)[C@H](O)C2(O)CO[C@]2(CO)O[C@H](COCCN(CC)CC)[C@H](O)C2O)C(O)[C@@H](O)[C@H]1O. The molecule has 0 bridgehead atoms. The number of nitrogens with zero attached hydrogens (tertiary/aromatic N) is 5. The van der Waals surface area contributed by atoms with Crippen LogP contribution in [0.2, 0.25) is 0 Å². The van der Waals surface area contributed by atoms with Crippen molar-refractivity contribution in [3.05, 3.63) is 0 Å². The molecule has 25 nitrogen and oxygen atoms in total. The number of aliphatic hydroxyl groups is 10. The van der Waals surface area contributed by atoms with Crippen LogP contribution >= 0.6 is 0 Å². The minimum absolute atomic E-state index is 0.128. The van der Waals surface area contributed by atoms with Gasteiger partial charge in [-0.25, -0.2) is 0 Å². The summed E-state index contributed by atoms with van der Waals surface area (Å²) in [6.45, 7) is 31.0. The minimum atomic E-state index is -2.56. The minimum Gasteiger partial charge on any atom is -0.391 e. The molecule has 0 amide bonds. The van der Waals surface area contributed by atoms with E-state index < -0.39 is 122 Å². The highest BCUT2D eigenvalue weighted by Crippen LogP contribution is 2.41. The fraction of sp³-hybridized carbons (Fsp3) is 1.00. The molecule has 0 spiro atoms. The molecule has 4 saturated heterocycles. The number of aliphatic hydroxyl groups excluding tert-OH is 8. The van der Waals surface area contributed by atoms with Crippen LogP contribution in [-0.2, 0) is 47.4 Å². The topological polar surface area (TPSA) is 308 Å². The quantitative estimate of drug-likeness (QED) is 0.0216. The fourth-order valence-electron chi connectivity index (χ4n) is 11.2. The smallest absolute Gasteiger partial charge is 0.221 e. The Morgan fingerprint density at radius 1 is 0.450 bits per heavy atom.